The Balaban J connectivity index is 1.30. The molecule has 2 aromatic rings. The fourth-order valence-electron chi connectivity index (χ4n) is 7.38. The Morgan fingerprint density at radius 1 is 0.886 bits per heavy atom. The Labute approximate surface area is 213 Å². The van der Waals surface area contributed by atoms with E-state index in [0.29, 0.717) is 12.1 Å². The van der Waals surface area contributed by atoms with Crippen LogP contribution >= 0.6 is 23.5 Å². The van der Waals surface area contributed by atoms with Crippen molar-refractivity contribution in [3.8, 4) is 0 Å². The summed E-state index contributed by atoms with van der Waals surface area (Å²) >= 11 is 3.25. The number of anilines is 2. The number of allylic oxidation sites excluding steroid dienone is 2. The maximum absolute atomic E-state index is 13.7. The Morgan fingerprint density at radius 2 is 1.57 bits per heavy atom. The van der Waals surface area contributed by atoms with Gasteiger partial charge in [-0.2, -0.15) is 0 Å². The lowest BCUT2D eigenvalue weighted by molar-refractivity contribution is -0.123. The third-order valence-corrected chi connectivity index (χ3v) is 11.5. The van der Waals surface area contributed by atoms with Gasteiger partial charge in [-0.1, -0.05) is 42.1 Å². The highest BCUT2D eigenvalue weighted by Crippen LogP contribution is 2.70. The summed E-state index contributed by atoms with van der Waals surface area (Å²) in [6.07, 6.45) is 1.43. The van der Waals surface area contributed by atoms with Crippen LogP contribution in [0.25, 0.3) is 0 Å². The second-order valence-electron chi connectivity index (χ2n) is 10.5. The molecule has 7 rings (SSSR count). The van der Waals surface area contributed by atoms with E-state index in [1.54, 1.807) is 0 Å². The lowest BCUT2D eigenvalue weighted by Gasteiger charge is -2.44. The summed E-state index contributed by atoms with van der Waals surface area (Å²) in [7, 11) is 4.07. The van der Waals surface area contributed by atoms with Gasteiger partial charge in [0.2, 0.25) is 11.8 Å². The maximum Gasteiger partial charge on any atom is 0.238 e. The predicted molar refractivity (Wildman–Crippen MR) is 140 cm³/mol. The van der Waals surface area contributed by atoms with Gasteiger partial charge < -0.3 is 4.90 Å². The molecule has 0 unspecified atom stereocenters. The van der Waals surface area contributed by atoms with E-state index in [4.69, 9.17) is 0 Å². The molecule has 3 aliphatic heterocycles. The van der Waals surface area contributed by atoms with Crippen molar-refractivity contribution in [2.24, 2.45) is 29.6 Å². The van der Waals surface area contributed by atoms with E-state index >= 15 is 0 Å². The molecule has 0 spiro atoms. The van der Waals surface area contributed by atoms with E-state index in [1.807, 2.05) is 56.2 Å². The van der Waals surface area contributed by atoms with Gasteiger partial charge >= 0.3 is 0 Å². The molecule has 2 amide bonds. The van der Waals surface area contributed by atoms with Crippen LogP contribution < -0.4 is 9.80 Å². The SMILES string of the molecule is CN(C)c1ccc([C@H]2C3=C(CC(=O)S3)S[C@@H]3[C@@H]4C[C@@H]([C@@H]5C(=O)N(c6ccccc6)C(=O)[C@H]45)[C@@H]32)cc1. The van der Waals surface area contributed by atoms with Crippen LogP contribution in [0.4, 0.5) is 11.4 Å². The Bertz CT molecular complexity index is 1290. The number of thioether (sulfide) groups is 2. The molecule has 3 fully saturated rings. The highest BCUT2D eigenvalue weighted by Gasteiger charge is 2.69. The smallest absolute Gasteiger partial charge is 0.238 e. The predicted octanol–water partition coefficient (Wildman–Crippen LogP) is 4.90. The molecule has 2 aliphatic carbocycles. The molecule has 1 saturated heterocycles. The van der Waals surface area contributed by atoms with Gasteiger partial charge in [-0.15, -0.1) is 11.8 Å². The zero-order valence-electron chi connectivity index (χ0n) is 19.6. The summed E-state index contributed by atoms with van der Waals surface area (Å²) in [6, 6.07) is 18.1. The lowest BCUT2D eigenvalue weighted by Crippen LogP contribution is -2.42. The molecule has 2 bridgehead atoms. The number of carbonyl (C=O) groups is 3. The average Bonchev–Trinajstić information content (AvgIpc) is 3.58. The summed E-state index contributed by atoms with van der Waals surface area (Å²) in [5, 5.41) is 0.491. The Hall–Kier alpha value is -2.51. The highest BCUT2D eigenvalue weighted by molar-refractivity contribution is 8.18. The minimum Gasteiger partial charge on any atom is -0.378 e. The van der Waals surface area contributed by atoms with Gasteiger partial charge in [0.25, 0.3) is 0 Å². The van der Waals surface area contributed by atoms with E-state index in [0.717, 1.165) is 12.1 Å². The molecule has 7 heteroatoms. The van der Waals surface area contributed by atoms with Gasteiger partial charge in [-0.05, 0) is 54.0 Å². The second kappa shape index (κ2) is 7.74. The van der Waals surface area contributed by atoms with E-state index in [1.165, 1.54) is 32.0 Å². The molecule has 178 valence electrons. The van der Waals surface area contributed by atoms with Crippen LogP contribution in [-0.4, -0.2) is 36.3 Å². The molecule has 2 saturated carbocycles. The van der Waals surface area contributed by atoms with Crippen molar-refractivity contribution in [2.45, 2.75) is 24.0 Å². The molecule has 3 heterocycles. The van der Waals surface area contributed by atoms with Crippen LogP contribution in [0.1, 0.15) is 24.3 Å². The van der Waals surface area contributed by atoms with Crippen LogP contribution in [0.15, 0.2) is 64.4 Å². The zero-order valence-corrected chi connectivity index (χ0v) is 21.2. The fourth-order valence-corrected chi connectivity index (χ4v) is 10.6. The van der Waals surface area contributed by atoms with Gasteiger partial charge in [0.05, 0.1) is 17.5 Å². The molecular formula is C28H26N2O3S2. The molecule has 7 atom stereocenters. The van der Waals surface area contributed by atoms with Crippen molar-refractivity contribution in [1.82, 2.24) is 0 Å². The Kier molecular flexibility index (Phi) is 4.81. The van der Waals surface area contributed by atoms with E-state index < -0.39 is 0 Å². The van der Waals surface area contributed by atoms with Gasteiger partial charge in [0.15, 0.2) is 5.12 Å². The summed E-state index contributed by atoms with van der Waals surface area (Å²) in [5.41, 5.74) is 3.05. The number of benzene rings is 2. The van der Waals surface area contributed by atoms with Crippen molar-refractivity contribution in [3.05, 3.63) is 70.0 Å². The Morgan fingerprint density at radius 3 is 2.26 bits per heavy atom. The van der Waals surface area contributed by atoms with Crippen molar-refractivity contribution >= 4 is 51.8 Å². The third-order valence-electron chi connectivity index (χ3n) is 8.69. The highest BCUT2D eigenvalue weighted by atomic mass is 32.2. The number of amides is 2. The van der Waals surface area contributed by atoms with E-state index in [2.05, 4.69) is 29.2 Å². The minimum absolute atomic E-state index is 0.0266. The van der Waals surface area contributed by atoms with Crippen LogP contribution in [0, 0.1) is 29.6 Å². The lowest BCUT2D eigenvalue weighted by atomic mass is 9.68. The molecule has 35 heavy (non-hydrogen) atoms. The first-order valence-corrected chi connectivity index (χ1v) is 13.9. The number of nitrogens with zero attached hydrogens (tertiary/aromatic N) is 2. The first-order valence-electron chi connectivity index (χ1n) is 12.2. The van der Waals surface area contributed by atoms with Crippen molar-refractivity contribution in [3.63, 3.8) is 0 Å². The monoisotopic (exact) mass is 502 g/mol. The molecular weight excluding hydrogens is 476 g/mol. The van der Waals surface area contributed by atoms with Gasteiger partial charge in [-0.3, -0.25) is 19.3 Å². The van der Waals surface area contributed by atoms with Gasteiger partial charge in [0.1, 0.15) is 0 Å². The van der Waals surface area contributed by atoms with Crippen LogP contribution in [0.3, 0.4) is 0 Å². The van der Waals surface area contributed by atoms with Crippen LogP contribution in [0.2, 0.25) is 0 Å². The topological polar surface area (TPSA) is 57.7 Å². The minimum atomic E-state index is -0.248. The first kappa shape index (κ1) is 21.7. The average molecular weight is 503 g/mol. The fraction of sp³-hybridized carbons (Fsp3) is 0.393. The molecule has 2 aromatic carbocycles. The molecule has 0 aromatic heterocycles. The molecule has 0 radical (unpaired) electrons. The number of fused-ring (bicyclic) bond motifs is 8. The van der Waals surface area contributed by atoms with Gasteiger partial charge in [0, 0.05) is 47.2 Å². The quantitative estimate of drug-likeness (QED) is 0.557. The third kappa shape index (κ3) is 3.00. The standard InChI is InChI=1S/C28H26N2O3S2/c1-29(2)15-10-8-14(9-11-15)21-22-17-12-18(25(22)34-19-13-20(31)35-26(19)21)24-23(17)27(32)30(28(24)33)16-6-4-3-5-7-16/h3-11,17-18,21-25H,12-13H2,1-2H3/t17-,18-,21-,22-,23+,24-,25-/m1/s1. The number of hydrogen-bond donors (Lipinski definition) is 0. The largest absolute Gasteiger partial charge is 0.378 e. The van der Waals surface area contributed by atoms with Crippen LogP contribution in [-0.2, 0) is 14.4 Å². The number of imide groups is 1. The maximum atomic E-state index is 13.7. The summed E-state index contributed by atoms with van der Waals surface area (Å²) in [4.78, 5) is 45.8. The summed E-state index contributed by atoms with van der Waals surface area (Å²) in [5.74, 6) is 0.196. The summed E-state index contributed by atoms with van der Waals surface area (Å²) < 4.78 is 0. The number of carbonyl (C=O) groups excluding carboxylic acids is 3. The number of para-hydroxylation sites is 1. The second-order valence-corrected chi connectivity index (χ2v) is 12.9. The first-order chi connectivity index (χ1) is 16.9. The summed E-state index contributed by atoms with van der Waals surface area (Å²) in [6.45, 7) is 0. The van der Waals surface area contributed by atoms with Crippen molar-refractivity contribution in [1.29, 1.82) is 0 Å². The molecule has 0 N–H and O–H groups in total. The van der Waals surface area contributed by atoms with Gasteiger partial charge in [-0.25, -0.2) is 0 Å². The molecule has 5 aliphatic rings. The van der Waals surface area contributed by atoms with Crippen LogP contribution in [0.5, 0.6) is 0 Å². The normalized spacial score (nSPS) is 35.0. The number of hydrogen-bond acceptors (Lipinski definition) is 6. The van der Waals surface area contributed by atoms with Crippen molar-refractivity contribution in [2.75, 3.05) is 23.9 Å². The van der Waals surface area contributed by atoms with Crippen molar-refractivity contribution < 1.29 is 14.4 Å². The van der Waals surface area contributed by atoms with E-state index in [9.17, 15) is 14.4 Å². The zero-order chi connectivity index (χ0) is 24.0. The van der Waals surface area contributed by atoms with E-state index in [-0.39, 0.29) is 57.7 Å². The number of rotatable bonds is 3. The molecule has 5 nitrogen and oxygen atoms in total.